The van der Waals surface area contributed by atoms with Gasteiger partial charge in [0.1, 0.15) is 0 Å². The summed E-state index contributed by atoms with van der Waals surface area (Å²) in [6.07, 6.45) is 4.40. The van der Waals surface area contributed by atoms with Gasteiger partial charge in [0.05, 0.1) is 6.54 Å². The SMILES string of the molecule is Cc1ccc(NC(=O)CN(C)C(=O)CCCCCCN)cc1. The number of hydrogen-bond donors (Lipinski definition) is 2. The van der Waals surface area contributed by atoms with E-state index in [1.54, 1.807) is 7.05 Å². The van der Waals surface area contributed by atoms with Crippen LogP contribution in [0.5, 0.6) is 0 Å². The summed E-state index contributed by atoms with van der Waals surface area (Å²) in [6.45, 7) is 2.77. The first-order valence-electron chi connectivity index (χ1n) is 7.83. The smallest absolute Gasteiger partial charge is 0.243 e. The first-order valence-corrected chi connectivity index (χ1v) is 7.83. The molecule has 1 aromatic carbocycles. The van der Waals surface area contributed by atoms with Crippen LogP contribution in [-0.2, 0) is 9.59 Å². The van der Waals surface area contributed by atoms with E-state index in [1.807, 2.05) is 31.2 Å². The number of aryl methyl sites for hydroxylation is 1. The van der Waals surface area contributed by atoms with Crippen LogP contribution >= 0.6 is 0 Å². The van der Waals surface area contributed by atoms with Gasteiger partial charge in [-0.2, -0.15) is 0 Å². The average molecular weight is 305 g/mol. The molecule has 0 saturated heterocycles. The number of rotatable bonds is 9. The Morgan fingerprint density at radius 3 is 2.36 bits per heavy atom. The Hall–Kier alpha value is -1.88. The Morgan fingerprint density at radius 1 is 1.09 bits per heavy atom. The second-order valence-electron chi connectivity index (χ2n) is 5.62. The summed E-state index contributed by atoms with van der Waals surface area (Å²) in [5.74, 6) is -0.172. The fraction of sp³-hybridized carbons (Fsp3) is 0.529. The van der Waals surface area contributed by atoms with Gasteiger partial charge in [-0.05, 0) is 38.4 Å². The van der Waals surface area contributed by atoms with Crippen LogP contribution in [0, 0.1) is 6.92 Å². The number of nitrogens with zero attached hydrogens (tertiary/aromatic N) is 1. The van der Waals surface area contributed by atoms with Gasteiger partial charge in [0.15, 0.2) is 0 Å². The molecule has 5 nitrogen and oxygen atoms in total. The van der Waals surface area contributed by atoms with Crippen molar-refractivity contribution in [3.8, 4) is 0 Å². The van der Waals surface area contributed by atoms with Crippen molar-refractivity contribution in [2.75, 3.05) is 25.5 Å². The highest BCUT2D eigenvalue weighted by atomic mass is 16.2. The van der Waals surface area contributed by atoms with E-state index < -0.39 is 0 Å². The van der Waals surface area contributed by atoms with E-state index in [-0.39, 0.29) is 18.4 Å². The van der Waals surface area contributed by atoms with Crippen molar-refractivity contribution < 1.29 is 9.59 Å². The third-order valence-electron chi connectivity index (χ3n) is 3.49. The predicted octanol–water partition coefficient (Wildman–Crippen LogP) is 2.30. The monoisotopic (exact) mass is 305 g/mol. The number of amides is 2. The fourth-order valence-corrected chi connectivity index (χ4v) is 2.11. The highest BCUT2D eigenvalue weighted by molar-refractivity contribution is 5.94. The number of likely N-dealkylation sites (N-methyl/N-ethyl adjacent to an activating group) is 1. The second-order valence-corrected chi connectivity index (χ2v) is 5.62. The maximum absolute atomic E-state index is 11.9. The minimum Gasteiger partial charge on any atom is -0.336 e. The van der Waals surface area contributed by atoms with Crippen LogP contribution < -0.4 is 11.1 Å². The minimum atomic E-state index is -0.178. The van der Waals surface area contributed by atoms with Gasteiger partial charge >= 0.3 is 0 Å². The topological polar surface area (TPSA) is 75.4 Å². The Morgan fingerprint density at radius 2 is 1.73 bits per heavy atom. The molecule has 0 aliphatic carbocycles. The summed E-state index contributed by atoms with van der Waals surface area (Å²) in [4.78, 5) is 25.3. The van der Waals surface area contributed by atoms with E-state index >= 15 is 0 Å². The quantitative estimate of drug-likeness (QED) is 0.687. The summed E-state index contributed by atoms with van der Waals surface area (Å²) in [6, 6.07) is 7.58. The van der Waals surface area contributed by atoms with E-state index in [2.05, 4.69) is 5.32 Å². The van der Waals surface area contributed by atoms with Crippen molar-refractivity contribution in [2.45, 2.75) is 39.0 Å². The third-order valence-corrected chi connectivity index (χ3v) is 3.49. The maximum atomic E-state index is 11.9. The lowest BCUT2D eigenvalue weighted by atomic mass is 10.1. The number of benzene rings is 1. The lowest BCUT2D eigenvalue weighted by molar-refractivity contribution is -0.133. The molecule has 0 aromatic heterocycles. The Labute approximate surface area is 132 Å². The van der Waals surface area contributed by atoms with E-state index in [4.69, 9.17) is 5.73 Å². The zero-order valence-corrected chi connectivity index (χ0v) is 13.6. The molecule has 1 rings (SSSR count). The summed E-state index contributed by atoms with van der Waals surface area (Å²) >= 11 is 0. The molecule has 3 N–H and O–H groups in total. The van der Waals surface area contributed by atoms with Crippen LogP contribution in [0.15, 0.2) is 24.3 Å². The van der Waals surface area contributed by atoms with Gasteiger partial charge in [-0.3, -0.25) is 9.59 Å². The van der Waals surface area contributed by atoms with Crippen molar-refractivity contribution in [2.24, 2.45) is 5.73 Å². The molecular weight excluding hydrogens is 278 g/mol. The number of carbonyl (C=O) groups excluding carboxylic acids is 2. The second kappa shape index (κ2) is 9.95. The van der Waals surface area contributed by atoms with Gasteiger partial charge in [0, 0.05) is 19.2 Å². The largest absolute Gasteiger partial charge is 0.336 e. The number of anilines is 1. The zero-order valence-electron chi connectivity index (χ0n) is 13.6. The van der Waals surface area contributed by atoms with Gasteiger partial charge in [-0.15, -0.1) is 0 Å². The van der Waals surface area contributed by atoms with Crippen molar-refractivity contribution >= 4 is 17.5 Å². The molecule has 1 aromatic rings. The fourth-order valence-electron chi connectivity index (χ4n) is 2.11. The molecule has 0 aliphatic heterocycles. The number of carbonyl (C=O) groups is 2. The average Bonchev–Trinajstić information content (AvgIpc) is 2.49. The normalized spacial score (nSPS) is 10.3. The summed E-state index contributed by atoms with van der Waals surface area (Å²) in [7, 11) is 1.66. The number of hydrogen-bond acceptors (Lipinski definition) is 3. The zero-order chi connectivity index (χ0) is 16.4. The minimum absolute atomic E-state index is 0.00630. The lowest BCUT2D eigenvalue weighted by Crippen LogP contribution is -2.34. The summed E-state index contributed by atoms with van der Waals surface area (Å²) < 4.78 is 0. The molecule has 0 spiro atoms. The molecule has 0 fully saturated rings. The lowest BCUT2D eigenvalue weighted by Gasteiger charge is -2.17. The summed E-state index contributed by atoms with van der Waals surface area (Å²) in [5.41, 5.74) is 7.31. The predicted molar refractivity (Wildman–Crippen MR) is 89.6 cm³/mol. The Kier molecular flexibility index (Phi) is 8.22. The molecule has 5 heteroatoms. The van der Waals surface area contributed by atoms with Crippen molar-refractivity contribution in [3.63, 3.8) is 0 Å². The van der Waals surface area contributed by atoms with E-state index in [0.717, 1.165) is 36.9 Å². The molecule has 0 unspecified atom stereocenters. The van der Waals surface area contributed by atoms with E-state index in [1.165, 1.54) is 4.90 Å². The molecule has 22 heavy (non-hydrogen) atoms. The van der Waals surface area contributed by atoms with E-state index in [9.17, 15) is 9.59 Å². The van der Waals surface area contributed by atoms with Crippen LogP contribution in [0.3, 0.4) is 0 Å². The van der Waals surface area contributed by atoms with E-state index in [0.29, 0.717) is 13.0 Å². The van der Waals surface area contributed by atoms with Gasteiger partial charge in [-0.1, -0.05) is 30.5 Å². The molecule has 0 aliphatic rings. The van der Waals surface area contributed by atoms with Gasteiger partial charge in [0.25, 0.3) is 0 Å². The standard InChI is InChI=1S/C17H27N3O2/c1-14-8-10-15(11-9-14)19-16(21)13-20(2)17(22)7-5-3-4-6-12-18/h8-11H,3-7,12-13,18H2,1-2H3,(H,19,21). The number of unbranched alkanes of at least 4 members (excludes halogenated alkanes) is 3. The first kappa shape index (κ1) is 18.2. The van der Waals surface area contributed by atoms with Crippen LogP contribution in [0.4, 0.5) is 5.69 Å². The van der Waals surface area contributed by atoms with Crippen LogP contribution in [0.1, 0.15) is 37.7 Å². The Bertz CT molecular complexity index is 471. The van der Waals surface area contributed by atoms with Crippen LogP contribution in [-0.4, -0.2) is 36.9 Å². The maximum Gasteiger partial charge on any atom is 0.243 e. The number of nitrogens with one attached hydrogen (secondary N) is 1. The molecule has 0 radical (unpaired) electrons. The third kappa shape index (κ3) is 7.22. The van der Waals surface area contributed by atoms with Gasteiger partial charge in [0.2, 0.25) is 11.8 Å². The van der Waals surface area contributed by atoms with Crippen molar-refractivity contribution in [3.05, 3.63) is 29.8 Å². The molecule has 0 heterocycles. The van der Waals surface area contributed by atoms with Crippen LogP contribution in [0.25, 0.3) is 0 Å². The number of nitrogens with two attached hydrogens (primary N) is 1. The molecule has 0 bridgehead atoms. The molecule has 122 valence electrons. The summed E-state index contributed by atoms with van der Waals surface area (Å²) in [5, 5.41) is 2.79. The Balaban J connectivity index is 2.27. The highest BCUT2D eigenvalue weighted by Crippen LogP contribution is 2.09. The molecule has 0 saturated carbocycles. The highest BCUT2D eigenvalue weighted by Gasteiger charge is 2.12. The van der Waals surface area contributed by atoms with Crippen LogP contribution in [0.2, 0.25) is 0 Å². The molecular formula is C17H27N3O2. The molecule has 2 amide bonds. The van der Waals surface area contributed by atoms with Gasteiger partial charge < -0.3 is 16.0 Å². The first-order chi connectivity index (χ1) is 10.5. The molecule has 0 atom stereocenters. The van der Waals surface area contributed by atoms with Crippen molar-refractivity contribution in [1.82, 2.24) is 4.90 Å². The van der Waals surface area contributed by atoms with Gasteiger partial charge in [-0.25, -0.2) is 0 Å². The van der Waals surface area contributed by atoms with Crippen molar-refractivity contribution in [1.29, 1.82) is 0 Å².